The Bertz CT molecular complexity index is 347. The van der Waals surface area contributed by atoms with Gasteiger partial charge in [-0.1, -0.05) is 0 Å². The van der Waals surface area contributed by atoms with Crippen LogP contribution in [0.4, 0.5) is 4.79 Å². The molecule has 0 unspecified atom stereocenters. The van der Waals surface area contributed by atoms with Crippen molar-refractivity contribution in [3.8, 4) is 0 Å². The van der Waals surface area contributed by atoms with Gasteiger partial charge < -0.3 is 9.47 Å². The third-order valence-electron chi connectivity index (χ3n) is 3.02. The lowest BCUT2D eigenvalue weighted by atomic mass is 10.0. The van der Waals surface area contributed by atoms with Crippen LogP contribution in [0, 0.1) is 0 Å². The summed E-state index contributed by atoms with van der Waals surface area (Å²) in [5, 5.41) is 0. The van der Waals surface area contributed by atoms with E-state index in [4.69, 9.17) is 9.47 Å². The Labute approximate surface area is 108 Å². The van der Waals surface area contributed by atoms with Gasteiger partial charge in [-0.2, -0.15) is 0 Å². The number of piperidine rings is 1. The zero-order valence-electron chi connectivity index (χ0n) is 11.4. The molecule has 2 heterocycles. The van der Waals surface area contributed by atoms with E-state index in [-0.39, 0.29) is 12.1 Å². The van der Waals surface area contributed by atoms with Crippen LogP contribution in [0.5, 0.6) is 0 Å². The van der Waals surface area contributed by atoms with Crippen molar-refractivity contribution in [2.45, 2.75) is 51.7 Å². The molecule has 0 N–H and O–H groups in total. The van der Waals surface area contributed by atoms with Crippen LogP contribution >= 0.6 is 0 Å². The molecule has 2 aliphatic heterocycles. The summed E-state index contributed by atoms with van der Waals surface area (Å²) in [7, 11) is 0. The minimum absolute atomic E-state index is 0.0314. The minimum atomic E-state index is -0.461. The molecule has 2 rings (SSSR count). The van der Waals surface area contributed by atoms with Crippen LogP contribution in [0.1, 0.15) is 40.0 Å². The number of rotatable bonds is 1. The van der Waals surface area contributed by atoms with Crippen molar-refractivity contribution in [3.05, 3.63) is 0 Å². The molecule has 0 saturated carbocycles. The molecular weight excluding hydrogens is 232 g/mol. The van der Waals surface area contributed by atoms with Gasteiger partial charge in [0.05, 0.1) is 6.54 Å². The molecule has 102 valence electrons. The highest BCUT2D eigenvalue weighted by molar-refractivity contribution is 5.86. The lowest BCUT2D eigenvalue weighted by Crippen LogP contribution is -2.49. The SMILES string of the molecule is CC(C)(C)OC(=O)N1CCCC[C@@H]1C1=NCCO1. The molecule has 2 aliphatic rings. The zero-order valence-corrected chi connectivity index (χ0v) is 11.4. The van der Waals surface area contributed by atoms with E-state index in [9.17, 15) is 4.79 Å². The van der Waals surface area contributed by atoms with E-state index in [1.807, 2.05) is 20.8 Å². The number of nitrogens with zero attached hydrogens (tertiary/aromatic N) is 2. The number of hydrogen-bond acceptors (Lipinski definition) is 4. The second kappa shape index (κ2) is 5.16. The fourth-order valence-electron chi connectivity index (χ4n) is 2.28. The fourth-order valence-corrected chi connectivity index (χ4v) is 2.28. The predicted octanol–water partition coefficient (Wildman–Crippen LogP) is 2.20. The third-order valence-corrected chi connectivity index (χ3v) is 3.02. The Kier molecular flexibility index (Phi) is 3.78. The summed E-state index contributed by atoms with van der Waals surface area (Å²) in [5.41, 5.74) is -0.461. The van der Waals surface area contributed by atoms with Crippen LogP contribution in [0.15, 0.2) is 4.99 Å². The second-order valence-electron chi connectivity index (χ2n) is 5.75. The van der Waals surface area contributed by atoms with Gasteiger partial charge in [0.2, 0.25) is 5.90 Å². The van der Waals surface area contributed by atoms with E-state index in [1.165, 1.54) is 0 Å². The highest BCUT2D eigenvalue weighted by Crippen LogP contribution is 2.22. The van der Waals surface area contributed by atoms with Crippen molar-refractivity contribution in [3.63, 3.8) is 0 Å². The Morgan fingerprint density at radius 3 is 2.83 bits per heavy atom. The van der Waals surface area contributed by atoms with Gasteiger partial charge in [0.1, 0.15) is 18.2 Å². The Hall–Kier alpha value is -1.26. The van der Waals surface area contributed by atoms with Gasteiger partial charge in [-0.15, -0.1) is 0 Å². The van der Waals surface area contributed by atoms with Crippen molar-refractivity contribution in [1.82, 2.24) is 4.90 Å². The maximum Gasteiger partial charge on any atom is 0.410 e. The monoisotopic (exact) mass is 254 g/mol. The first-order valence-corrected chi connectivity index (χ1v) is 6.64. The summed E-state index contributed by atoms with van der Waals surface area (Å²) < 4.78 is 10.9. The quantitative estimate of drug-likeness (QED) is 0.721. The lowest BCUT2D eigenvalue weighted by molar-refractivity contribution is 0.0148. The molecule has 1 amide bonds. The van der Waals surface area contributed by atoms with Crippen LogP contribution in [-0.2, 0) is 9.47 Å². The van der Waals surface area contributed by atoms with Crippen LogP contribution in [0.3, 0.4) is 0 Å². The molecule has 0 radical (unpaired) electrons. The van der Waals surface area contributed by atoms with E-state index in [0.29, 0.717) is 19.0 Å². The first kappa shape index (κ1) is 13.2. The first-order valence-electron chi connectivity index (χ1n) is 6.64. The van der Waals surface area contributed by atoms with Crippen molar-refractivity contribution < 1.29 is 14.3 Å². The van der Waals surface area contributed by atoms with Crippen LogP contribution in [0.25, 0.3) is 0 Å². The van der Waals surface area contributed by atoms with Crippen LogP contribution in [0.2, 0.25) is 0 Å². The largest absolute Gasteiger partial charge is 0.478 e. The highest BCUT2D eigenvalue weighted by Gasteiger charge is 2.35. The van der Waals surface area contributed by atoms with E-state index in [0.717, 1.165) is 25.8 Å². The Morgan fingerprint density at radius 1 is 1.44 bits per heavy atom. The number of aliphatic imine (C=N–C) groups is 1. The van der Waals surface area contributed by atoms with Gasteiger partial charge in [-0.25, -0.2) is 4.79 Å². The number of carbonyl (C=O) groups excluding carboxylic acids is 1. The van der Waals surface area contributed by atoms with E-state index >= 15 is 0 Å². The Morgan fingerprint density at radius 2 is 2.22 bits per heavy atom. The number of carbonyl (C=O) groups is 1. The number of ether oxygens (including phenoxy) is 2. The standard InChI is InChI=1S/C13H22N2O3/c1-13(2,3)18-12(16)15-8-5-4-6-10(15)11-14-7-9-17-11/h10H,4-9H2,1-3H3/t10-/m1/s1. The molecule has 5 heteroatoms. The van der Waals surface area contributed by atoms with Gasteiger partial charge in [0.25, 0.3) is 0 Å². The third kappa shape index (κ3) is 3.15. The van der Waals surface area contributed by atoms with Gasteiger partial charge >= 0.3 is 6.09 Å². The number of likely N-dealkylation sites (tertiary alicyclic amines) is 1. The highest BCUT2D eigenvalue weighted by atomic mass is 16.6. The second-order valence-corrected chi connectivity index (χ2v) is 5.75. The molecule has 0 aromatic rings. The smallest absolute Gasteiger partial charge is 0.410 e. The summed E-state index contributed by atoms with van der Waals surface area (Å²) in [6.07, 6.45) is 2.78. The first-order chi connectivity index (χ1) is 8.47. The average Bonchev–Trinajstić information content (AvgIpc) is 2.80. The van der Waals surface area contributed by atoms with Crippen LogP contribution in [-0.4, -0.2) is 48.2 Å². The number of hydrogen-bond donors (Lipinski definition) is 0. The van der Waals surface area contributed by atoms with Crippen molar-refractivity contribution in [1.29, 1.82) is 0 Å². The number of amides is 1. The van der Waals surface area contributed by atoms with E-state index in [1.54, 1.807) is 4.90 Å². The zero-order chi connectivity index (χ0) is 13.2. The predicted molar refractivity (Wildman–Crippen MR) is 68.8 cm³/mol. The maximum atomic E-state index is 12.2. The molecule has 0 bridgehead atoms. The molecule has 1 saturated heterocycles. The Balaban J connectivity index is 2.05. The van der Waals surface area contributed by atoms with Gasteiger partial charge in [-0.3, -0.25) is 9.89 Å². The molecule has 1 atom stereocenters. The van der Waals surface area contributed by atoms with E-state index in [2.05, 4.69) is 4.99 Å². The fraction of sp³-hybridized carbons (Fsp3) is 0.846. The molecule has 0 spiro atoms. The molecule has 0 aromatic heterocycles. The normalized spacial score (nSPS) is 24.5. The van der Waals surface area contributed by atoms with Gasteiger partial charge in [-0.05, 0) is 40.0 Å². The molecule has 0 aromatic carbocycles. The van der Waals surface area contributed by atoms with Gasteiger partial charge in [0, 0.05) is 6.54 Å². The minimum Gasteiger partial charge on any atom is -0.478 e. The summed E-state index contributed by atoms with van der Waals surface area (Å²) in [6, 6.07) is -0.0314. The van der Waals surface area contributed by atoms with Gasteiger partial charge in [0.15, 0.2) is 0 Å². The molecule has 0 aliphatic carbocycles. The van der Waals surface area contributed by atoms with Crippen molar-refractivity contribution in [2.75, 3.05) is 19.7 Å². The van der Waals surface area contributed by atoms with Crippen LogP contribution < -0.4 is 0 Å². The average molecular weight is 254 g/mol. The summed E-state index contributed by atoms with van der Waals surface area (Å²) in [6.45, 7) is 7.71. The molecular formula is C13H22N2O3. The molecule has 1 fully saturated rings. The summed E-state index contributed by atoms with van der Waals surface area (Å²) >= 11 is 0. The topological polar surface area (TPSA) is 51.1 Å². The summed E-state index contributed by atoms with van der Waals surface area (Å²) in [4.78, 5) is 18.3. The maximum absolute atomic E-state index is 12.2. The van der Waals surface area contributed by atoms with Crippen molar-refractivity contribution >= 4 is 12.0 Å². The van der Waals surface area contributed by atoms with Crippen molar-refractivity contribution in [2.24, 2.45) is 4.99 Å². The molecule has 18 heavy (non-hydrogen) atoms. The summed E-state index contributed by atoms with van der Waals surface area (Å²) in [5.74, 6) is 0.709. The van der Waals surface area contributed by atoms with E-state index < -0.39 is 5.60 Å². The molecule has 5 nitrogen and oxygen atoms in total. The lowest BCUT2D eigenvalue weighted by Gasteiger charge is -2.36.